The summed E-state index contributed by atoms with van der Waals surface area (Å²) in [7, 11) is 1.58. The van der Waals surface area contributed by atoms with Crippen LogP contribution in [0, 0.1) is 0 Å². The van der Waals surface area contributed by atoms with Gasteiger partial charge in [-0.05, 0) is 47.2 Å². The number of hydroxylamine groups is 2. The molecule has 0 radical (unpaired) electrons. The molecule has 4 rings (SSSR count). The first kappa shape index (κ1) is 30.6. The molecule has 2 aliphatic rings. The molecule has 0 spiro atoms. The molecule has 1 aliphatic carbocycles. The van der Waals surface area contributed by atoms with Crippen molar-refractivity contribution >= 4 is 41.1 Å². The molecule has 0 aromatic heterocycles. The van der Waals surface area contributed by atoms with Gasteiger partial charge in [0, 0.05) is 69.4 Å². The number of rotatable bonds is 14. The third-order valence-electron chi connectivity index (χ3n) is 7.30. The largest absolute Gasteiger partial charge is 0.533 e. The topological polar surface area (TPSA) is 145 Å². The summed E-state index contributed by atoms with van der Waals surface area (Å²) in [6.45, 7) is 2.04. The normalized spacial score (nSPS) is 15.3. The van der Waals surface area contributed by atoms with Gasteiger partial charge in [-0.1, -0.05) is 36.3 Å². The summed E-state index contributed by atoms with van der Waals surface area (Å²) in [4.78, 5) is 78.3. The van der Waals surface area contributed by atoms with Crippen LogP contribution in [0.15, 0.2) is 36.4 Å². The zero-order chi connectivity index (χ0) is 30.2. The Hall–Kier alpha value is -4.38. The lowest BCUT2D eigenvalue weighted by Gasteiger charge is -2.17. The van der Waals surface area contributed by atoms with Gasteiger partial charge in [0.2, 0.25) is 5.91 Å². The summed E-state index contributed by atoms with van der Waals surface area (Å²) < 4.78 is 10.4. The lowest BCUT2D eigenvalue weighted by atomic mass is 9.93. The maximum absolute atomic E-state index is 13.2. The number of imide groups is 1. The van der Waals surface area contributed by atoms with Crippen LogP contribution in [0.25, 0.3) is 11.1 Å². The standard InChI is InChI=1S/C31H34N2O9/c1-3-20(34)7-4-11-27(36)32-19-12-13-22-24(17-19)25(18-41-31(39)42-33-28(37)14-15-29(33)38)21-8-5-9-23(30(21)22)26(35)10-6-16-40-2/h5,8-9,12-13,17,25H,3-4,6-7,10-11,14-16,18H2,1-2H3,(H,32,36). The van der Waals surface area contributed by atoms with Crippen molar-refractivity contribution in [2.45, 2.75) is 64.2 Å². The number of carbonyl (C=O) groups excluding carboxylic acids is 6. The third kappa shape index (κ3) is 7.09. The van der Waals surface area contributed by atoms with E-state index in [1.807, 2.05) is 12.1 Å². The van der Waals surface area contributed by atoms with Crippen LogP contribution in [0.1, 0.15) is 85.7 Å². The predicted octanol–water partition coefficient (Wildman–Crippen LogP) is 4.71. The summed E-state index contributed by atoms with van der Waals surface area (Å²) in [6, 6.07) is 10.7. The van der Waals surface area contributed by atoms with Gasteiger partial charge in [-0.25, -0.2) is 4.79 Å². The molecule has 42 heavy (non-hydrogen) atoms. The Morgan fingerprint density at radius 1 is 0.952 bits per heavy atom. The zero-order valence-corrected chi connectivity index (χ0v) is 23.7. The van der Waals surface area contributed by atoms with E-state index in [1.165, 1.54) is 0 Å². The number of ether oxygens (including phenoxy) is 2. The summed E-state index contributed by atoms with van der Waals surface area (Å²) in [5.74, 6) is -1.95. The van der Waals surface area contributed by atoms with Crippen molar-refractivity contribution in [2.24, 2.45) is 0 Å². The van der Waals surface area contributed by atoms with Gasteiger partial charge in [0.15, 0.2) is 5.78 Å². The molecular formula is C31H34N2O9. The molecule has 1 atom stereocenters. The minimum atomic E-state index is -1.20. The number of nitrogens with one attached hydrogen (secondary N) is 1. The number of amides is 3. The van der Waals surface area contributed by atoms with Gasteiger partial charge < -0.3 is 14.8 Å². The summed E-state index contributed by atoms with van der Waals surface area (Å²) in [5, 5.41) is 3.27. The average molecular weight is 579 g/mol. The van der Waals surface area contributed by atoms with Crippen LogP contribution in [0.2, 0.25) is 0 Å². The van der Waals surface area contributed by atoms with E-state index in [0.29, 0.717) is 55.0 Å². The second-order valence-corrected chi connectivity index (χ2v) is 10.2. The minimum Gasteiger partial charge on any atom is -0.432 e. The Labute approximate surface area is 243 Å². The van der Waals surface area contributed by atoms with Gasteiger partial charge in [0.1, 0.15) is 12.4 Å². The van der Waals surface area contributed by atoms with Crippen LogP contribution in [-0.4, -0.2) is 60.8 Å². The first-order valence-electron chi connectivity index (χ1n) is 14.0. The third-order valence-corrected chi connectivity index (χ3v) is 7.30. The molecule has 0 saturated carbocycles. The maximum Gasteiger partial charge on any atom is 0.533 e. The lowest BCUT2D eigenvalue weighted by Crippen LogP contribution is -2.32. The van der Waals surface area contributed by atoms with Crippen LogP contribution in [0.4, 0.5) is 10.5 Å². The van der Waals surface area contributed by atoms with E-state index in [-0.39, 0.29) is 43.3 Å². The molecule has 1 unspecified atom stereocenters. The summed E-state index contributed by atoms with van der Waals surface area (Å²) in [5.41, 5.74) is 4.01. The highest BCUT2D eigenvalue weighted by Crippen LogP contribution is 2.48. The molecule has 2 aromatic rings. The van der Waals surface area contributed by atoms with E-state index in [9.17, 15) is 28.8 Å². The Bertz CT molecular complexity index is 1380. The highest BCUT2D eigenvalue weighted by Gasteiger charge is 2.36. The molecule has 1 fully saturated rings. The number of fused-ring (bicyclic) bond motifs is 3. The fraction of sp³-hybridized carbons (Fsp3) is 0.419. The van der Waals surface area contributed by atoms with Crippen molar-refractivity contribution in [3.8, 4) is 11.1 Å². The average Bonchev–Trinajstić information content (AvgIpc) is 3.46. The van der Waals surface area contributed by atoms with E-state index >= 15 is 0 Å². The van der Waals surface area contributed by atoms with E-state index < -0.39 is 23.9 Å². The number of anilines is 1. The van der Waals surface area contributed by atoms with Gasteiger partial charge in [0.25, 0.3) is 11.8 Å². The van der Waals surface area contributed by atoms with Crippen molar-refractivity contribution in [3.05, 3.63) is 53.1 Å². The first-order chi connectivity index (χ1) is 20.2. The number of hydrogen-bond donors (Lipinski definition) is 1. The lowest BCUT2D eigenvalue weighted by molar-refractivity contribution is -0.177. The van der Waals surface area contributed by atoms with E-state index in [2.05, 4.69) is 5.32 Å². The quantitative estimate of drug-likeness (QED) is 0.146. The number of benzene rings is 2. The van der Waals surface area contributed by atoms with Gasteiger partial charge >= 0.3 is 6.16 Å². The van der Waals surface area contributed by atoms with Crippen molar-refractivity contribution in [1.29, 1.82) is 0 Å². The SMILES string of the molecule is CCC(=O)CCCC(=O)Nc1ccc2c(c1)C(COC(=O)ON1C(=O)CCC1=O)c1cccc(C(=O)CCCOC)c1-2. The van der Waals surface area contributed by atoms with Gasteiger partial charge in [-0.15, -0.1) is 0 Å². The number of Topliss-reactive ketones (excluding diaryl/α,β-unsaturated/α-hetero) is 2. The highest BCUT2D eigenvalue weighted by atomic mass is 16.8. The molecule has 1 aliphatic heterocycles. The number of nitrogens with zero attached hydrogens (tertiary/aromatic N) is 1. The van der Waals surface area contributed by atoms with Crippen molar-refractivity contribution in [3.63, 3.8) is 0 Å². The van der Waals surface area contributed by atoms with Gasteiger partial charge in [-0.3, -0.25) is 28.8 Å². The van der Waals surface area contributed by atoms with Crippen LogP contribution >= 0.6 is 0 Å². The molecule has 1 N–H and O–H groups in total. The highest BCUT2D eigenvalue weighted by molar-refractivity contribution is 6.05. The first-order valence-corrected chi connectivity index (χ1v) is 14.0. The van der Waals surface area contributed by atoms with Crippen LogP contribution in [0.3, 0.4) is 0 Å². The molecule has 11 nitrogen and oxygen atoms in total. The summed E-state index contributed by atoms with van der Waals surface area (Å²) >= 11 is 0. The van der Waals surface area contributed by atoms with E-state index in [1.54, 1.807) is 38.3 Å². The molecule has 222 valence electrons. The Kier molecular flexibility index (Phi) is 10.2. The number of hydrogen-bond acceptors (Lipinski definition) is 9. The van der Waals surface area contributed by atoms with E-state index in [0.717, 1.165) is 22.3 Å². The van der Waals surface area contributed by atoms with Crippen molar-refractivity contribution in [1.82, 2.24) is 5.06 Å². The molecule has 1 heterocycles. The molecule has 0 bridgehead atoms. The molecule has 1 saturated heterocycles. The fourth-order valence-electron chi connectivity index (χ4n) is 5.17. The predicted molar refractivity (Wildman–Crippen MR) is 150 cm³/mol. The second kappa shape index (κ2) is 14.0. The zero-order valence-electron chi connectivity index (χ0n) is 23.7. The monoisotopic (exact) mass is 578 g/mol. The number of carbonyl (C=O) groups is 6. The van der Waals surface area contributed by atoms with E-state index in [4.69, 9.17) is 14.3 Å². The maximum atomic E-state index is 13.2. The minimum absolute atomic E-state index is 0.0416. The van der Waals surface area contributed by atoms with Crippen LogP contribution in [0.5, 0.6) is 0 Å². The Balaban J connectivity index is 1.57. The second-order valence-electron chi connectivity index (χ2n) is 10.2. The molecule has 3 amide bonds. The fourth-order valence-corrected chi connectivity index (χ4v) is 5.17. The molecule has 11 heteroatoms. The smallest absolute Gasteiger partial charge is 0.432 e. The molecular weight excluding hydrogens is 544 g/mol. The van der Waals surface area contributed by atoms with Crippen LogP contribution in [-0.2, 0) is 33.5 Å². The van der Waals surface area contributed by atoms with Crippen LogP contribution < -0.4 is 5.32 Å². The molecule has 2 aromatic carbocycles. The van der Waals surface area contributed by atoms with Gasteiger partial charge in [-0.2, -0.15) is 0 Å². The Morgan fingerprint density at radius 3 is 2.43 bits per heavy atom. The summed E-state index contributed by atoms with van der Waals surface area (Å²) in [6.07, 6.45) is 0.985. The van der Waals surface area contributed by atoms with Crippen molar-refractivity contribution in [2.75, 3.05) is 25.6 Å². The Morgan fingerprint density at radius 2 is 1.71 bits per heavy atom. The number of methoxy groups -OCH3 is 1. The number of ketones is 2. The van der Waals surface area contributed by atoms with Crippen molar-refractivity contribution < 1.29 is 43.1 Å². The van der Waals surface area contributed by atoms with Gasteiger partial charge in [0.05, 0.1) is 0 Å².